The Balaban J connectivity index is 2.33. The number of carbonyl (C=O) groups excluding carboxylic acids is 1. The third-order valence-corrected chi connectivity index (χ3v) is 2.31. The van der Waals surface area contributed by atoms with E-state index in [-0.39, 0.29) is 11.3 Å². The number of hydrogen-bond acceptors (Lipinski definition) is 3. The second-order valence-corrected chi connectivity index (χ2v) is 3.72. The Bertz CT molecular complexity index is 481. The van der Waals surface area contributed by atoms with Crippen molar-refractivity contribution in [3.8, 4) is 0 Å². The van der Waals surface area contributed by atoms with Crippen LogP contribution >= 0.6 is 11.6 Å². The van der Waals surface area contributed by atoms with E-state index < -0.39 is 18.4 Å². The van der Waals surface area contributed by atoms with Crippen LogP contribution in [0.15, 0.2) is 29.3 Å². The number of benzene rings is 1. The molecule has 0 aromatic heterocycles. The average molecular weight is 264 g/mol. The Hall–Kier alpha value is -1.56. The Morgan fingerprint density at radius 3 is 2.29 bits per heavy atom. The highest BCUT2D eigenvalue weighted by molar-refractivity contribution is 6.44. The van der Waals surface area contributed by atoms with Crippen LogP contribution in [0.1, 0.15) is 5.56 Å². The highest BCUT2D eigenvalue weighted by Crippen LogP contribution is 2.28. The summed E-state index contributed by atoms with van der Waals surface area (Å²) in [6, 6.07) is 5.71. The molecule has 1 aliphatic rings. The summed E-state index contributed by atoms with van der Waals surface area (Å²) < 4.78 is 41.0. The molecule has 0 N–H and O–H groups in total. The van der Waals surface area contributed by atoms with Crippen LogP contribution in [0.3, 0.4) is 0 Å². The maximum Gasteiger partial charge on any atom is 0.447 e. The first-order chi connectivity index (χ1) is 7.88. The number of esters is 1. The Kier molecular flexibility index (Phi) is 2.82. The topological polar surface area (TPSA) is 38.7 Å². The minimum Gasteiger partial charge on any atom is -0.425 e. The quantitative estimate of drug-likeness (QED) is 0.731. The van der Waals surface area contributed by atoms with E-state index >= 15 is 0 Å². The minimum absolute atomic E-state index is 0.242. The molecule has 0 radical (unpaired) electrons. The van der Waals surface area contributed by atoms with Gasteiger partial charge in [0.1, 0.15) is 0 Å². The lowest BCUT2D eigenvalue weighted by Crippen LogP contribution is -2.27. The predicted molar refractivity (Wildman–Crippen MR) is 53.9 cm³/mol. The molecule has 0 bridgehead atoms. The summed E-state index contributed by atoms with van der Waals surface area (Å²) in [5.41, 5.74) is -0.102. The molecule has 90 valence electrons. The van der Waals surface area contributed by atoms with E-state index in [1.54, 1.807) is 0 Å². The van der Waals surface area contributed by atoms with Crippen LogP contribution in [-0.2, 0) is 9.53 Å². The number of hydrogen-bond donors (Lipinski definition) is 0. The molecule has 1 unspecified atom stereocenters. The molecule has 0 saturated heterocycles. The molecule has 17 heavy (non-hydrogen) atoms. The van der Waals surface area contributed by atoms with Gasteiger partial charge in [-0.25, -0.2) is 9.79 Å². The van der Waals surface area contributed by atoms with Crippen molar-refractivity contribution in [2.45, 2.75) is 12.4 Å². The first-order valence-electron chi connectivity index (χ1n) is 4.49. The van der Waals surface area contributed by atoms with Gasteiger partial charge in [0.2, 0.25) is 0 Å². The first kappa shape index (κ1) is 11.9. The zero-order valence-corrected chi connectivity index (χ0v) is 8.92. The minimum atomic E-state index is -4.69. The Morgan fingerprint density at radius 2 is 1.82 bits per heavy atom. The molecule has 2 rings (SSSR count). The van der Waals surface area contributed by atoms with Gasteiger partial charge in [-0.3, -0.25) is 0 Å². The van der Waals surface area contributed by atoms with Crippen LogP contribution < -0.4 is 0 Å². The molecule has 1 atom stereocenters. The van der Waals surface area contributed by atoms with Gasteiger partial charge >= 0.3 is 12.1 Å². The summed E-state index contributed by atoms with van der Waals surface area (Å²) in [6.45, 7) is 0. The van der Waals surface area contributed by atoms with Gasteiger partial charge in [0.25, 0.3) is 6.23 Å². The first-order valence-corrected chi connectivity index (χ1v) is 4.87. The van der Waals surface area contributed by atoms with Crippen LogP contribution in [0.5, 0.6) is 0 Å². The van der Waals surface area contributed by atoms with Gasteiger partial charge in [-0.1, -0.05) is 23.7 Å². The highest BCUT2D eigenvalue weighted by Gasteiger charge is 2.47. The summed E-state index contributed by atoms with van der Waals surface area (Å²) in [6.07, 6.45) is -7.11. The van der Waals surface area contributed by atoms with Crippen LogP contribution in [0.4, 0.5) is 13.2 Å². The number of nitrogens with zero attached hydrogens (tertiary/aromatic N) is 1. The van der Waals surface area contributed by atoms with Crippen LogP contribution in [0, 0.1) is 0 Å². The summed E-state index contributed by atoms with van der Waals surface area (Å²) in [5.74, 6) is -1.09. The van der Waals surface area contributed by atoms with Crippen LogP contribution in [0.25, 0.3) is 0 Å². The third kappa shape index (κ3) is 2.41. The number of halogens is 4. The summed E-state index contributed by atoms with van der Waals surface area (Å²) in [5, 5.41) is 0.410. The number of aliphatic imine (C=N–C) groups is 1. The molecule has 7 heteroatoms. The second kappa shape index (κ2) is 4.03. The van der Waals surface area contributed by atoms with Crippen molar-refractivity contribution < 1.29 is 22.7 Å². The number of alkyl halides is 3. The number of rotatable bonds is 1. The molecule has 0 fully saturated rings. The SMILES string of the molecule is O=C1OC(C(F)(F)F)N=C1c1ccc(Cl)cc1. The molecule has 0 spiro atoms. The van der Waals surface area contributed by atoms with E-state index in [4.69, 9.17) is 11.6 Å². The molecule has 0 aliphatic carbocycles. The molecule has 0 saturated carbocycles. The number of cyclic esters (lactones) is 1. The molecule has 1 aromatic rings. The van der Waals surface area contributed by atoms with Crippen molar-refractivity contribution in [3.63, 3.8) is 0 Å². The Labute approximate surface area is 98.9 Å². The fourth-order valence-corrected chi connectivity index (χ4v) is 1.42. The van der Waals surface area contributed by atoms with Crippen molar-refractivity contribution in [2.24, 2.45) is 4.99 Å². The van der Waals surface area contributed by atoms with Gasteiger partial charge in [0.15, 0.2) is 5.71 Å². The summed E-state index contributed by atoms with van der Waals surface area (Å²) in [7, 11) is 0. The molecular weight excluding hydrogens is 259 g/mol. The Morgan fingerprint density at radius 1 is 1.24 bits per heavy atom. The third-order valence-electron chi connectivity index (χ3n) is 2.06. The second-order valence-electron chi connectivity index (χ2n) is 3.28. The van der Waals surface area contributed by atoms with E-state index in [9.17, 15) is 18.0 Å². The molecule has 1 aromatic carbocycles. The van der Waals surface area contributed by atoms with Crippen LogP contribution in [0.2, 0.25) is 5.02 Å². The lowest BCUT2D eigenvalue weighted by Gasteiger charge is -2.09. The van der Waals surface area contributed by atoms with Gasteiger partial charge in [0, 0.05) is 10.6 Å². The zero-order valence-electron chi connectivity index (χ0n) is 8.16. The van der Waals surface area contributed by atoms with Gasteiger partial charge < -0.3 is 4.74 Å². The van der Waals surface area contributed by atoms with E-state index in [1.807, 2.05) is 0 Å². The van der Waals surface area contributed by atoms with Crippen molar-refractivity contribution in [1.29, 1.82) is 0 Å². The largest absolute Gasteiger partial charge is 0.447 e. The van der Waals surface area contributed by atoms with E-state index in [0.29, 0.717) is 5.02 Å². The zero-order chi connectivity index (χ0) is 12.6. The van der Waals surface area contributed by atoms with Gasteiger partial charge in [0.05, 0.1) is 0 Å². The van der Waals surface area contributed by atoms with Crippen molar-refractivity contribution in [1.82, 2.24) is 0 Å². The normalized spacial score (nSPS) is 20.1. The average Bonchev–Trinajstić information content (AvgIpc) is 2.61. The molecule has 0 amide bonds. The number of ether oxygens (including phenoxy) is 1. The van der Waals surface area contributed by atoms with E-state index in [0.717, 1.165) is 0 Å². The lowest BCUT2D eigenvalue weighted by atomic mass is 10.1. The van der Waals surface area contributed by atoms with Crippen molar-refractivity contribution >= 4 is 23.3 Å². The van der Waals surface area contributed by atoms with Crippen molar-refractivity contribution in [2.75, 3.05) is 0 Å². The van der Waals surface area contributed by atoms with Gasteiger partial charge in [-0.15, -0.1) is 0 Å². The fraction of sp³-hybridized carbons (Fsp3) is 0.200. The summed E-state index contributed by atoms with van der Waals surface area (Å²) >= 11 is 5.62. The molecule has 1 heterocycles. The maximum atomic E-state index is 12.3. The fourth-order valence-electron chi connectivity index (χ4n) is 1.29. The standard InChI is InChI=1S/C10H5ClF3NO2/c11-6-3-1-5(2-4-6)7-8(16)17-9(15-7)10(12,13)14/h1-4,9H. The molecular formula is C10H5ClF3NO2. The van der Waals surface area contributed by atoms with Crippen molar-refractivity contribution in [3.05, 3.63) is 34.9 Å². The van der Waals surface area contributed by atoms with Gasteiger partial charge in [-0.2, -0.15) is 13.2 Å². The summed E-state index contributed by atoms with van der Waals surface area (Å²) in [4.78, 5) is 14.4. The monoisotopic (exact) mass is 263 g/mol. The molecule has 3 nitrogen and oxygen atoms in total. The van der Waals surface area contributed by atoms with E-state index in [2.05, 4.69) is 9.73 Å². The number of carbonyl (C=O) groups is 1. The smallest absolute Gasteiger partial charge is 0.425 e. The van der Waals surface area contributed by atoms with Gasteiger partial charge in [-0.05, 0) is 12.1 Å². The predicted octanol–water partition coefficient (Wildman–Crippen LogP) is 2.57. The lowest BCUT2D eigenvalue weighted by molar-refractivity contribution is -0.210. The maximum absolute atomic E-state index is 12.3. The van der Waals surface area contributed by atoms with E-state index in [1.165, 1.54) is 24.3 Å². The van der Waals surface area contributed by atoms with Crippen LogP contribution in [-0.4, -0.2) is 24.1 Å². The highest BCUT2D eigenvalue weighted by atomic mass is 35.5. The molecule has 1 aliphatic heterocycles.